The number of hydrogen-bond acceptors (Lipinski definition) is 22. The Bertz CT molecular complexity index is 2700. The zero-order valence-electron chi connectivity index (χ0n) is 47.9. The maximum absolute atomic E-state index is 14.4. The molecule has 87 heavy (non-hydrogen) atoms. The van der Waals surface area contributed by atoms with Crippen molar-refractivity contribution < 1.29 is 107 Å². The summed E-state index contributed by atoms with van der Waals surface area (Å²) in [4.78, 5) is 110. The number of aliphatic carboxylic acids is 2. The third kappa shape index (κ3) is 21.0. The molecule has 480 valence electrons. The Balaban J connectivity index is 1.28. The van der Waals surface area contributed by atoms with Crippen LogP contribution in [0, 0.1) is 23.2 Å². The topological polar surface area (TPSA) is 482 Å². The Morgan fingerprint density at radius 3 is 1.46 bits per heavy atom. The second-order valence-corrected chi connectivity index (χ2v) is 19.7. The summed E-state index contributed by atoms with van der Waals surface area (Å²) in [5.41, 5.74) is 11.1. The van der Waals surface area contributed by atoms with Gasteiger partial charge < -0.3 is 120 Å². The summed E-state index contributed by atoms with van der Waals surface area (Å²) in [7, 11) is 0. The lowest BCUT2D eigenvalue weighted by molar-refractivity contribution is -0.147. The molecule has 0 radical (unpaired) electrons. The average Bonchev–Trinajstić information content (AvgIpc) is 1.57. The van der Waals surface area contributed by atoms with Gasteiger partial charge in [0.1, 0.15) is 31.2 Å². The van der Waals surface area contributed by atoms with Crippen molar-refractivity contribution in [2.75, 3.05) is 125 Å². The number of piperazine rings is 2. The first-order chi connectivity index (χ1) is 41.5. The molecule has 1 aromatic rings. The largest absolute Gasteiger partial charge is 0.491 e. The van der Waals surface area contributed by atoms with E-state index in [4.69, 9.17) is 71.3 Å². The molecule has 4 aliphatic heterocycles. The first-order valence-electron chi connectivity index (χ1n) is 27.5. The predicted molar refractivity (Wildman–Crippen MR) is 298 cm³/mol. The fraction of sp³-hybridized carbons (Fsp3) is 0.585. The molecule has 1 aromatic carbocycles. The van der Waals surface area contributed by atoms with E-state index < -0.39 is 139 Å². The van der Waals surface area contributed by atoms with Crippen molar-refractivity contribution in [3.8, 4) is 18.1 Å². The van der Waals surface area contributed by atoms with Gasteiger partial charge in [0.05, 0.1) is 77.0 Å². The molecule has 0 saturated carbocycles. The van der Waals surface area contributed by atoms with Crippen molar-refractivity contribution in [3.63, 3.8) is 0 Å². The number of aliphatic hydroxyl groups excluding tert-OH is 3. The van der Waals surface area contributed by atoms with Gasteiger partial charge in [0.2, 0.25) is 23.3 Å². The lowest BCUT2D eigenvalue weighted by atomic mass is 9.91. The predicted octanol–water partition coefficient (Wildman–Crippen LogP) is -4.53. The number of rotatable bonds is 30. The SMILES string of the molecule is C#CCOCCOCCOCCOCCOc1cc(C(=O)N2CCN(C(=O)O[C@@H]([C@@H]3OC(C(=O)O)=C[C@H](NC(=N)N)[C@H]3NC(C)=O)[C@H](O)CO)CC2)cc(C(=O)N2CCN(C(=O)O[C@H](CCO)[C@@H]3OC(C(=O)O)=C[C@H](NC(=N)N)[C@H]3NC(C)=O)CC2)c1. The minimum atomic E-state index is -1.89. The van der Waals surface area contributed by atoms with Gasteiger partial charge in [-0.2, -0.15) is 0 Å². The number of carboxylic acids is 2. The molecule has 2 saturated heterocycles. The molecule has 0 aliphatic carbocycles. The quantitative estimate of drug-likeness (QED) is 0.0149. The fourth-order valence-corrected chi connectivity index (χ4v) is 9.49. The number of ether oxygens (including phenoxy) is 9. The van der Waals surface area contributed by atoms with E-state index in [9.17, 15) is 63.9 Å². The summed E-state index contributed by atoms with van der Waals surface area (Å²) in [5.74, 6) is -5.52. The van der Waals surface area contributed by atoms with Crippen LogP contribution >= 0.6 is 0 Å². The molecule has 34 heteroatoms. The minimum absolute atomic E-state index is 0.00732. The van der Waals surface area contributed by atoms with Gasteiger partial charge in [0.15, 0.2) is 30.2 Å². The van der Waals surface area contributed by atoms with Crippen molar-refractivity contribution >= 4 is 59.7 Å². The molecule has 9 atom stereocenters. The van der Waals surface area contributed by atoms with Gasteiger partial charge >= 0.3 is 24.1 Å². The summed E-state index contributed by atoms with van der Waals surface area (Å²) in [6.45, 7) is 1.92. The number of amides is 6. The van der Waals surface area contributed by atoms with Gasteiger partial charge in [-0.3, -0.25) is 30.0 Å². The zero-order valence-corrected chi connectivity index (χ0v) is 47.9. The molecule has 5 rings (SSSR count). The molecular weight excluding hydrogens is 1160 g/mol. The Kier molecular flexibility index (Phi) is 27.3. The molecule has 0 bridgehead atoms. The minimum Gasteiger partial charge on any atom is -0.491 e. The third-order valence-corrected chi connectivity index (χ3v) is 13.5. The van der Waals surface area contributed by atoms with Crippen LogP contribution < -0.4 is 37.5 Å². The Morgan fingerprint density at radius 1 is 0.632 bits per heavy atom. The first-order valence-corrected chi connectivity index (χ1v) is 27.5. The molecule has 4 heterocycles. The second-order valence-electron chi connectivity index (χ2n) is 19.7. The summed E-state index contributed by atoms with van der Waals surface area (Å²) < 4.78 is 50.5. The van der Waals surface area contributed by atoms with Gasteiger partial charge in [-0.1, -0.05) is 5.92 Å². The van der Waals surface area contributed by atoms with Crippen molar-refractivity contribution in [1.82, 2.24) is 40.9 Å². The lowest BCUT2D eigenvalue weighted by Crippen LogP contribution is -2.65. The van der Waals surface area contributed by atoms with E-state index in [1.54, 1.807) is 0 Å². The normalized spacial score (nSPS) is 21.1. The number of aliphatic hydroxyl groups is 3. The highest BCUT2D eigenvalue weighted by Gasteiger charge is 2.48. The molecule has 6 amide bonds. The summed E-state index contributed by atoms with van der Waals surface area (Å²) in [5, 5.41) is 76.3. The number of nitrogens with zero attached hydrogens (tertiary/aromatic N) is 4. The van der Waals surface area contributed by atoms with Crippen LogP contribution in [0.5, 0.6) is 5.75 Å². The molecule has 2 fully saturated rings. The number of guanidine groups is 2. The Morgan fingerprint density at radius 2 is 1.05 bits per heavy atom. The van der Waals surface area contributed by atoms with Crippen LogP contribution in [0.25, 0.3) is 0 Å². The van der Waals surface area contributed by atoms with Crippen LogP contribution in [-0.2, 0) is 57.1 Å². The Labute approximate surface area is 499 Å². The maximum atomic E-state index is 14.4. The van der Waals surface area contributed by atoms with Crippen LogP contribution in [-0.4, -0.2) is 285 Å². The van der Waals surface area contributed by atoms with Crippen LogP contribution in [0.2, 0.25) is 0 Å². The van der Waals surface area contributed by atoms with Crippen molar-refractivity contribution in [2.24, 2.45) is 11.5 Å². The van der Waals surface area contributed by atoms with Gasteiger partial charge in [0.25, 0.3) is 11.8 Å². The van der Waals surface area contributed by atoms with Crippen LogP contribution in [0.4, 0.5) is 9.59 Å². The monoisotopic (exact) mass is 1230 g/mol. The van der Waals surface area contributed by atoms with Crippen molar-refractivity contribution in [2.45, 2.75) is 75.0 Å². The van der Waals surface area contributed by atoms with Crippen molar-refractivity contribution in [3.05, 3.63) is 53.0 Å². The van der Waals surface area contributed by atoms with E-state index in [-0.39, 0.29) is 109 Å². The van der Waals surface area contributed by atoms with Gasteiger partial charge in [0, 0.05) is 90.4 Å². The lowest BCUT2D eigenvalue weighted by Gasteiger charge is -2.42. The highest BCUT2D eigenvalue weighted by molar-refractivity contribution is 6.00. The molecular formula is C53H76N12O22. The molecule has 0 spiro atoms. The van der Waals surface area contributed by atoms with Crippen LogP contribution in [0.15, 0.2) is 41.9 Å². The van der Waals surface area contributed by atoms with Gasteiger partial charge in [-0.05, 0) is 30.4 Å². The molecule has 0 unspecified atom stereocenters. The number of carbonyl (C=O) groups excluding carboxylic acids is 6. The summed E-state index contributed by atoms with van der Waals surface area (Å²) >= 11 is 0. The van der Waals surface area contributed by atoms with Crippen molar-refractivity contribution in [1.29, 1.82) is 10.8 Å². The number of terminal acetylenes is 1. The number of hydrogen-bond donors (Lipinski definition) is 13. The maximum Gasteiger partial charge on any atom is 0.410 e. The highest BCUT2D eigenvalue weighted by atomic mass is 16.6. The van der Waals surface area contributed by atoms with E-state index in [0.29, 0.717) is 26.4 Å². The number of benzene rings is 1. The van der Waals surface area contributed by atoms with E-state index in [1.807, 2.05) is 0 Å². The van der Waals surface area contributed by atoms with Crippen LogP contribution in [0.3, 0.4) is 0 Å². The third-order valence-electron chi connectivity index (χ3n) is 13.5. The fourth-order valence-electron chi connectivity index (χ4n) is 9.49. The number of nitrogens with two attached hydrogens (primary N) is 2. The highest BCUT2D eigenvalue weighted by Crippen LogP contribution is 2.29. The summed E-state index contributed by atoms with van der Waals surface area (Å²) in [6, 6.07) is -0.613. The number of nitrogens with one attached hydrogen (secondary N) is 6. The molecule has 34 nitrogen and oxygen atoms in total. The molecule has 15 N–H and O–H groups in total. The van der Waals surface area contributed by atoms with E-state index >= 15 is 0 Å². The zero-order chi connectivity index (χ0) is 63.7. The number of carboxylic acid groups (broad SMARTS) is 2. The van der Waals surface area contributed by atoms with E-state index in [2.05, 4.69) is 27.2 Å². The second kappa shape index (κ2) is 34.4. The van der Waals surface area contributed by atoms with Gasteiger partial charge in [-0.25, -0.2) is 19.2 Å². The number of carbonyl (C=O) groups is 8. The molecule has 4 aliphatic rings. The smallest absolute Gasteiger partial charge is 0.410 e. The average molecular weight is 1230 g/mol. The first kappa shape index (κ1) is 69.1. The van der Waals surface area contributed by atoms with E-state index in [1.165, 1.54) is 44.7 Å². The standard InChI is InChI=1S/C53H76N12O22/c1-4-15-79-16-17-80-18-19-81-20-21-82-22-23-83-34-25-32(46(71)62-6-10-64(11-7-62)52(77)86-38(5-14-66)44-41(58-30(2)68)35(60-50(54)55)27-39(84-44)48(73)74)24-33(26-34)47(72)63-8-12-65(13-9-63)53(78)87-43(37(70)29-67)45-42(59-31(3)69)36(61-51(56)57)28-40(85-45)49(75)76/h1,24-28,35-38,41-45,66-67,70H,5-23,29H2,2-3H3,(H,58,68)(H,59,69)(H,73,74)(H,75,76)(H4,54,55,60)(H4,56,57,61)/t35-,36-,37+,38+,41+,42+,43+,44-,45+/m0/s1. The van der Waals surface area contributed by atoms with E-state index in [0.717, 1.165) is 19.1 Å². The molecule has 0 aromatic heterocycles. The van der Waals surface area contributed by atoms with Crippen LogP contribution in [0.1, 0.15) is 41.0 Å². The Hall–Kier alpha value is -8.72. The summed E-state index contributed by atoms with van der Waals surface area (Å²) in [6.07, 6.45) is -3.17. The van der Waals surface area contributed by atoms with Gasteiger partial charge in [-0.15, -0.1) is 6.42 Å².